The second-order valence-corrected chi connectivity index (χ2v) is 17.7. The topological polar surface area (TPSA) is 13.1 Å². The molecule has 0 atom stereocenters. The van der Waals surface area contributed by atoms with Crippen molar-refractivity contribution in [2.75, 3.05) is 4.90 Å². The Balaban J connectivity index is 0.917. The summed E-state index contributed by atoms with van der Waals surface area (Å²) in [4.78, 5) is 2.36. The number of anilines is 3. The SMILES string of the molecule is c1ccc(-c2ccc3c(c2)c2c(-c4ccc(N(c5ccccc5)c5ccc(-c6cccc7c6c6cc(-c8ccccc8)ccc6n7-c6ccccc6)cc5)cc4)cccc2n3-c2ccccc2)cc1. The zero-order valence-electron chi connectivity index (χ0n) is 37.8. The molecule has 0 radical (unpaired) electrons. The van der Waals surface area contributed by atoms with Crippen molar-refractivity contribution in [3.8, 4) is 55.9 Å². The Kier molecular flexibility index (Phi) is 9.84. The molecule has 2 aromatic heterocycles. The molecular weight excluding hydrogens is 835 g/mol. The summed E-state index contributed by atoms with van der Waals surface area (Å²) >= 11 is 0. The summed E-state index contributed by atoms with van der Waals surface area (Å²) in [7, 11) is 0. The third-order valence-corrected chi connectivity index (χ3v) is 13.7. The highest BCUT2D eigenvalue weighted by molar-refractivity contribution is 6.18. The van der Waals surface area contributed by atoms with Gasteiger partial charge in [-0.25, -0.2) is 0 Å². The van der Waals surface area contributed by atoms with Gasteiger partial charge >= 0.3 is 0 Å². The third-order valence-electron chi connectivity index (χ3n) is 13.7. The van der Waals surface area contributed by atoms with Gasteiger partial charge in [0.15, 0.2) is 0 Å². The third kappa shape index (κ3) is 6.99. The molecule has 0 aliphatic rings. The fourth-order valence-electron chi connectivity index (χ4n) is 10.6. The van der Waals surface area contributed by atoms with Gasteiger partial charge in [0.05, 0.1) is 22.1 Å². The summed E-state index contributed by atoms with van der Waals surface area (Å²) in [6.45, 7) is 0. The molecule has 13 aromatic rings. The van der Waals surface area contributed by atoms with Crippen LogP contribution in [0.15, 0.2) is 273 Å². The predicted molar refractivity (Wildman–Crippen MR) is 292 cm³/mol. The monoisotopic (exact) mass is 879 g/mol. The quantitative estimate of drug-likeness (QED) is 0.141. The number of aromatic nitrogens is 2. The molecule has 69 heavy (non-hydrogen) atoms. The van der Waals surface area contributed by atoms with E-state index in [0.29, 0.717) is 0 Å². The van der Waals surface area contributed by atoms with E-state index in [1.54, 1.807) is 0 Å². The first-order chi connectivity index (χ1) is 34.2. The lowest BCUT2D eigenvalue weighted by Crippen LogP contribution is -2.09. The molecule has 0 saturated carbocycles. The molecule has 2 heterocycles. The summed E-state index contributed by atoms with van der Waals surface area (Å²) < 4.78 is 4.81. The van der Waals surface area contributed by atoms with Gasteiger partial charge in [-0.1, -0.05) is 176 Å². The normalized spacial score (nSPS) is 11.5. The Labute approximate surface area is 401 Å². The Morgan fingerprint density at radius 3 is 0.986 bits per heavy atom. The highest BCUT2D eigenvalue weighted by atomic mass is 15.1. The van der Waals surface area contributed by atoms with Crippen molar-refractivity contribution < 1.29 is 0 Å². The van der Waals surface area contributed by atoms with Crippen molar-refractivity contribution in [1.29, 1.82) is 0 Å². The van der Waals surface area contributed by atoms with Crippen molar-refractivity contribution >= 4 is 60.7 Å². The molecule has 0 spiro atoms. The molecule has 0 aliphatic carbocycles. The molecule has 0 aliphatic heterocycles. The van der Waals surface area contributed by atoms with Crippen molar-refractivity contribution in [3.63, 3.8) is 0 Å². The van der Waals surface area contributed by atoms with Crippen LogP contribution in [0.5, 0.6) is 0 Å². The minimum Gasteiger partial charge on any atom is -0.311 e. The van der Waals surface area contributed by atoms with Crippen LogP contribution in [0.1, 0.15) is 0 Å². The molecule has 0 amide bonds. The van der Waals surface area contributed by atoms with E-state index < -0.39 is 0 Å². The van der Waals surface area contributed by atoms with Crippen LogP contribution < -0.4 is 4.90 Å². The molecule has 13 rings (SSSR count). The highest BCUT2D eigenvalue weighted by Gasteiger charge is 2.20. The maximum Gasteiger partial charge on any atom is 0.0547 e. The minimum absolute atomic E-state index is 1.09. The summed E-state index contributed by atoms with van der Waals surface area (Å²) in [6, 6.07) is 99.0. The average molecular weight is 880 g/mol. The molecule has 324 valence electrons. The first kappa shape index (κ1) is 40.1. The molecule has 11 aromatic carbocycles. The number of para-hydroxylation sites is 3. The van der Waals surface area contributed by atoms with Crippen molar-refractivity contribution in [2.24, 2.45) is 0 Å². The van der Waals surface area contributed by atoms with Gasteiger partial charge < -0.3 is 14.0 Å². The average Bonchev–Trinajstić information content (AvgIpc) is 3.95. The van der Waals surface area contributed by atoms with E-state index in [9.17, 15) is 0 Å². The fourth-order valence-corrected chi connectivity index (χ4v) is 10.6. The summed E-state index contributed by atoms with van der Waals surface area (Å²) in [5.41, 5.74) is 19.9. The second-order valence-electron chi connectivity index (χ2n) is 17.7. The number of rotatable bonds is 9. The van der Waals surface area contributed by atoms with Gasteiger partial charge in [-0.15, -0.1) is 0 Å². The molecule has 0 fully saturated rings. The first-order valence-electron chi connectivity index (χ1n) is 23.7. The fraction of sp³-hybridized carbons (Fsp3) is 0. The minimum atomic E-state index is 1.09. The smallest absolute Gasteiger partial charge is 0.0547 e. The van der Waals surface area contributed by atoms with E-state index in [1.807, 2.05) is 0 Å². The standard InChI is InChI=1S/C66H45N3/c1-6-18-46(19-7-1)50-36-42-61-59(44-50)65-57(28-16-30-63(65)68(61)53-24-12-4-13-25-53)48-32-38-55(39-33-48)67(52-22-10-3-11-23-52)56-40-34-49(35-41-56)58-29-17-31-64-66(58)60-45-51(47-20-8-2-9-21-47)37-43-62(60)69(64)54-26-14-5-15-27-54/h1-45H. The van der Waals surface area contributed by atoms with Gasteiger partial charge in [0, 0.05) is 50.0 Å². The van der Waals surface area contributed by atoms with Crippen LogP contribution in [0.3, 0.4) is 0 Å². The van der Waals surface area contributed by atoms with Crippen molar-refractivity contribution in [2.45, 2.75) is 0 Å². The van der Waals surface area contributed by atoms with Crippen LogP contribution in [0.2, 0.25) is 0 Å². The maximum absolute atomic E-state index is 2.40. The van der Waals surface area contributed by atoms with E-state index in [4.69, 9.17) is 0 Å². The number of hydrogen-bond acceptors (Lipinski definition) is 1. The summed E-state index contributed by atoms with van der Waals surface area (Å²) in [5.74, 6) is 0. The van der Waals surface area contributed by atoms with Gasteiger partial charge in [-0.2, -0.15) is 0 Å². The largest absolute Gasteiger partial charge is 0.311 e. The molecule has 0 unspecified atom stereocenters. The van der Waals surface area contributed by atoms with Gasteiger partial charge in [0.25, 0.3) is 0 Å². The van der Waals surface area contributed by atoms with Crippen LogP contribution in [0.25, 0.3) is 99.5 Å². The number of fused-ring (bicyclic) bond motifs is 6. The lowest BCUT2D eigenvalue weighted by molar-refractivity contribution is 1.18. The Hall–Kier alpha value is -9.18. The highest BCUT2D eigenvalue weighted by Crippen LogP contribution is 2.44. The van der Waals surface area contributed by atoms with Gasteiger partial charge in [-0.05, 0) is 142 Å². The predicted octanol–water partition coefficient (Wildman–Crippen LogP) is 18.0. The molecule has 3 nitrogen and oxygen atoms in total. The molecule has 0 saturated heterocycles. The van der Waals surface area contributed by atoms with Crippen molar-refractivity contribution in [3.05, 3.63) is 273 Å². The lowest BCUT2D eigenvalue weighted by Gasteiger charge is -2.26. The molecule has 0 bridgehead atoms. The Bertz CT molecular complexity index is 3710. The van der Waals surface area contributed by atoms with E-state index in [2.05, 4.69) is 287 Å². The molecule has 0 N–H and O–H groups in total. The maximum atomic E-state index is 2.40. The Morgan fingerprint density at radius 2 is 0.580 bits per heavy atom. The number of hydrogen-bond donors (Lipinski definition) is 0. The van der Waals surface area contributed by atoms with Crippen LogP contribution >= 0.6 is 0 Å². The van der Waals surface area contributed by atoms with E-state index in [0.717, 1.165) is 28.4 Å². The number of nitrogens with zero attached hydrogens (tertiary/aromatic N) is 3. The van der Waals surface area contributed by atoms with Crippen molar-refractivity contribution in [1.82, 2.24) is 9.13 Å². The lowest BCUT2D eigenvalue weighted by atomic mass is 9.96. The van der Waals surface area contributed by atoms with Gasteiger partial charge in [0.1, 0.15) is 0 Å². The van der Waals surface area contributed by atoms with E-state index in [-0.39, 0.29) is 0 Å². The number of benzene rings is 11. The zero-order valence-corrected chi connectivity index (χ0v) is 37.8. The first-order valence-corrected chi connectivity index (χ1v) is 23.7. The van der Waals surface area contributed by atoms with Crippen LogP contribution in [-0.2, 0) is 0 Å². The van der Waals surface area contributed by atoms with Gasteiger partial charge in [0.2, 0.25) is 0 Å². The van der Waals surface area contributed by atoms with Crippen LogP contribution in [0.4, 0.5) is 17.1 Å². The Morgan fingerprint density at radius 1 is 0.232 bits per heavy atom. The summed E-state index contributed by atoms with van der Waals surface area (Å²) in [5, 5.41) is 4.96. The van der Waals surface area contributed by atoms with E-state index >= 15 is 0 Å². The van der Waals surface area contributed by atoms with Gasteiger partial charge in [-0.3, -0.25) is 0 Å². The summed E-state index contributed by atoms with van der Waals surface area (Å²) in [6.07, 6.45) is 0. The second kappa shape index (κ2) is 16.9. The van der Waals surface area contributed by atoms with Crippen LogP contribution in [0, 0.1) is 0 Å². The zero-order chi connectivity index (χ0) is 45.7. The molecule has 3 heteroatoms. The molecular formula is C66H45N3. The van der Waals surface area contributed by atoms with E-state index in [1.165, 1.54) is 88.1 Å². The van der Waals surface area contributed by atoms with Crippen LogP contribution in [-0.4, -0.2) is 9.13 Å².